The van der Waals surface area contributed by atoms with Crippen molar-refractivity contribution in [2.24, 2.45) is 0 Å². The minimum absolute atomic E-state index is 0. The van der Waals surface area contributed by atoms with Gasteiger partial charge in [0.2, 0.25) is 0 Å². The summed E-state index contributed by atoms with van der Waals surface area (Å²) in [7, 11) is 0. The number of rotatable bonds is 0. The van der Waals surface area contributed by atoms with E-state index in [1.165, 1.54) is 0 Å². The van der Waals surface area contributed by atoms with Crippen molar-refractivity contribution < 1.29 is 54.1 Å². The molecule has 6 heavy (non-hydrogen) atoms. The van der Waals surface area contributed by atoms with Crippen molar-refractivity contribution in [3.05, 3.63) is 0 Å². The summed E-state index contributed by atoms with van der Waals surface area (Å²) >= 11 is 0. The summed E-state index contributed by atoms with van der Waals surface area (Å²) in [6.07, 6.45) is 0. The molecule has 0 fully saturated rings. The second-order valence-electron chi connectivity index (χ2n) is 0. The first kappa shape index (κ1) is 49.3. The standard InChI is InChI=1S/Al.Ca.Cu.Fe.Mn.Sn.7H/q;+2;;;;;;;;;;2*-1. The van der Waals surface area contributed by atoms with Crippen LogP contribution in [0.3, 0.4) is 0 Å². The molecule has 0 saturated heterocycles. The van der Waals surface area contributed by atoms with Crippen LogP contribution in [0.15, 0.2) is 0 Å². The van der Waals surface area contributed by atoms with Gasteiger partial charge in [0.05, 0.1) is 0 Å². The summed E-state index contributed by atoms with van der Waals surface area (Å²) in [6.45, 7) is 0. The fourth-order valence-electron chi connectivity index (χ4n) is 0. The molecule has 0 nitrogen and oxygen atoms in total. The Bertz CT molecular complexity index is 22.0. The van der Waals surface area contributed by atoms with Crippen LogP contribution < -0.4 is 0 Å². The third-order valence-corrected chi connectivity index (χ3v) is 0. The van der Waals surface area contributed by atoms with Gasteiger partial charge in [0.15, 0.2) is 17.4 Å². The van der Waals surface area contributed by atoms with E-state index < -0.39 is 0 Å². The van der Waals surface area contributed by atoms with E-state index in [1.54, 1.807) is 0 Å². The van der Waals surface area contributed by atoms with Crippen molar-refractivity contribution in [2.45, 2.75) is 0 Å². The molecule has 0 aromatic rings. The average Bonchev–Trinajstić information content (AvgIpc) is 0. The monoisotopic (exact) mass is 368 g/mol. The van der Waals surface area contributed by atoms with Crippen molar-refractivity contribution in [1.29, 1.82) is 0 Å². The van der Waals surface area contributed by atoms with Crippen LogP contribution in [0.25, 0.3) is 0 Å². The maximum absolute atomic E-state index is 0. The Morgan fingerprint density at radius 1 is 1.17 bits per heavy atom. The molecule has 0 bridgehead atoms. The van der Waals surface area contributed by atoms with Crippen molar-refractivity contribution in [3.8, 4) is 0 Å². The van der Waals surface area contributed by atoms with E-state index in [2.05, 4.69) is 0 Å². The quantitative estimate of drug-likeness (QED) is 0.424. The van der Waals surface area contributed by atoms with E-state index in [-0.39, 0.29) is 133 Å². The first-order valence-corrected chi connectivity index (χ1v) is 0. The summed E-state index contributed by atoms with van der Waals surface area (Å²) < 4.78 is 0. The van der Waals surface area contributed by atoms with E-state index in [0.29, 0.717) is 0 Å². The molecule has 0 aromatic heterocycles. The average molecular weight is 367 g/mol. The van der Waals surface area contributed by atoms with Crippen LogP contribution in [0, 0.1) is 0 Å². The summed E-state index contributed by atoms with van der Waals surface area (Å²) in [5, 5.41) is 0. The Hall–Kier alpha value is 4.15. The molecule has 0 spiro atoms. The van der Waals surface area contributed by atoms with E-state index in [1.807, 2.05) is 0 Å². The first-order chi connectivity index (χ1) is 0. The van der Waals surface area contributed by atoms with Crippen LogP contribution >= 0.6 is 0 Å². The van der Waals surface area contributed by atoms with Crippen LogP contribution in [0.1, 0.15) is 2.85 Å². The van der Waals surface area contributed by atoms with Gasteiger partial charge in [-0.25, -0.2) is 0 Å². The predicted octanol–water partition coefficient (Wildman–Crippen LogP) is -2.26. The molecule has 0 aromatic carbocycles. The van der Waals surface area contributed by atoms with Gasteiger partial charge in [-0.05, 0) is 0 Å². The van der Waals surface area contributed by atoms with Gasteiger partial charge in [-0.15, -0.1) is 0 Å². The van der Waals surface area contributed by atoms with Gasteiger partial charge in [0, 0.05) is 51.2 Å². The Morgan fingerprint density at radius 3 is 1.17 bits per heavy atom. The molecule has 0 amide bonds. The van der Waals surface area contributed by atoms with E-state index >= 15 is 0 Å². The van der Waals surface area contributed by atoms with Gasteiger partial charge in [-0.2, -0.15) is 0 Å². The second kappa shape index (κ2) is 35.3. The fraction of sp³-hybridized carbons (Fsp3) is 0. The van der Waals surface area contributed by atoms with E-state index in [4.69, 9.17) is 0 Å². The molecule has 0 unspecified atom stereocenters. The minimum atomic E-state index is 0. The fourth-order valence-corrected chi connectivity index (χ4v) is 0. The molecule has 0 atom stereocenters. The zero-order valence-electron chi connectivity index (χ0n) is 4.45. The SMILES string of the molecule is [AlH3].[Ca+2].[Cu].[Fe].[H-].[H-].[Mn].[SnH2]. The van der Waals surface area contributed by atoms with Crippen LogP contribution in [0.5, 0.6) is 0 Å². The van der Waals surface area contributed by atoms with Crippen molar-refractivity contribution in [1.82, 2.24) is 0 Å². The zero-order chi connectivity index (χ0) is 0. The molecule has 0 rings (SSSR count). The molecular weight excluding hydrogens is 360 g/mol. The summed E-state index contributed by atoms with van der Waals surface area (Å²) in [6, 6.07) is 0. The van der Waals surface area contributed by atoms with Gasteiger partial charge in [0.1, 0.15) is 0 Å². The molecule has 0 aliphatic heterocycles. The molecule has 0 saturated carbocycles. The van der Waals surface area contributed by atoms with Crippen LogP contribution in [0.4, 0.5) is 0 Å². The molecular formula is H7AlCaCuFeMnSn. The van der Waals surface area contributed by atoms with Crippen molar-refractivity contribution in [3.63, 3.8) is 0 Å². The van der Waals surface area contributed by atoms with Crippen molar-refractivity contribution in [2.75, 3.05) is 0 Å². The second-order valence-corrected chi connectivity index (χ2v) is 0. The topological polar surface area (TPSA) is 0 Å². The first-order valence-electron chi connectivity index (χ1n) is 0. The van der Waals surface area contributed by atoms with Crippen molar-refractivity contribution >= 4 is 79.0 Å². The molecule has 4 radical (unpaired) electrons. The normalized spacial score (nSPS) is 0. The van der Waals surface area contributed by atoms with Gasteiger partial charge in [-0.3, -0.25) is 0 Å². The van der Waals surface area contributed by atoms with Crippen LogP contribution in [-0.4, -0.2) is 79.0 Å². The van der Waals surface area contributed by atoms with Crippen LogP contribution in [-0.2, 0) is 51.2 Å². The molecule has 0 N–H and O–H groups in total. The summed E-state index contributed by atoms with van der Waals surface area (Å²) in [5.41, 5.74) is 0. The molecule has 0 aliphatic rings. The Labute approximate surface area is 130 Å². The number of hydrogen-bond donors (Lipinski definition) is 0. The molecule has 6 heteroatoms. The Kier molecular flexibility index (Phi) is 290. The molecule has 0 heterocycles. The van der Waals surface area contributed by atoms with Gasteiger partial charge in [-0.1, -0.05) is 0 Å². The van der Waals surface area contributed by atoms with E-state index in [0.717, 1.165) is 0 Å². The van der Waals surface area contributed by atoms with Gasteiger partial charge in [0.25, 0.3) is 0 Å². The Balaban J connectivity index is 0. The Morgan fingerprint density at radius 2 is 1.17 bits per heavy atom. The summed E-state index contributed by atoms with van der Waals surface area (Å²) in [4.78, 5) is 0. The summed E-state index contributed by atoms with van der Waals surface area (Å²) in [5.74, 6) is 0. The molecule has 0 aliphatic carbocycles. The van der Waals surface area contributed by atoms with Gasteiger partial charge < -0.3 is 2.85 Å². The van der Waals surface area contributed by atoms with E-state index in [9.17, 15) is 0 Å². The third-order valence-electron chi connectivity index (χ3n) is 0. The van der Waals surface area contributed by atoms with Gasteiger partial charge >= 0.3 is 61.6 Å². The predicted molar refractivity (Wildman–Crippen MR) is 26.5 cm³/mol. The molecule has 42 valence electrons. The van der Waals surface area contributed by atoms with Crippen LogP contribution in [0.2, 0.25) is 0 Å². The third kappa shape index (κ3) is 24.2. The maximum atomic E-state index is 0. The zero-order valence-corrected chi connectivity index (χ0v) is 11.9. The number of hydrogen-bond acceptors (Lipinski definition) is 0.